The molecule has 1 heterocycles. The molecule has 0 unspecified atom stereocenters. The van der Waals surface area contributed by atoms with Crippen molar-refractivity contribution >= 4 is 54.7 Å². The average molecular weight is 587 g/mol. The lowest BCUT2D eigenvalue weighted by atomic mass is 9.99. The highest BCUT2D eigenvalue weighted by Gasteiger charge is 2.18. The minimum Gasteiger partial charge on any atom is -0.354 e. The fourth-order valence-corrected chi connectivity index (χ4v) is 7.06. The highest BCUT2D eigenvalue weighted by molar-refractivity contribution is 6.18. The van der Waals surface area contributed by atoms with Gasteiger partial charge in [-0.2, -0.15) is 0 Å². The van der Waals surface area contributed by atoms with E-state index in [0.29, 0.717) is 0 Å². The van der Waals surface area contributed by atoms with Crippen LogP contribution in [-0.4, -0.2) is 4.57 Å². The van der Waals surface area contributed by atoms with Crippen molar-refractivity contribution in [2.75, 3.05) is 5.32 Å². The molecule has 0 fully saturated rings. The lowest BCUT2D eigenvalue weighted by Gasteiger charge is -2.15. The van der Waals surface area contributed by atoms with Crippen LogP contribution >= 0.6 is 0 Å². The summed E-state index contributed by atoms with van der Waals surface area (Å²) in [6.45, 7) is 0. The minimum absolute atomic E-state index is 1.08. The van der Waals surface area contributed by atoms with Gasteiger partial charge in [-0.05, 0) is 63.2 Å². The van der Waals surface area contributed by atoms with Crippen molar-refractivity contribution in [2.24, 2.45) is 0 Å². The molecule has 9 aromatic rings. The number of hydrogen-bond donors (Lipinski definition) is 1. The van der Waals surface area contributed by atoms with Crippen LogP contribution in [0.5, 0.6) is 0 Å². The molecule has 2 heteroatoms. The molecule has 9 rings (SSSR count). The van der Waals surface area contributed by atoms with E-state index in [2.05, 4.69) is 186 Å². The van der Waals surface area contributed by atoms with Crippen LogP contribution in [0.2, 0.25) is 0 Å². The molecule has 0 saturated carbocycles. The van der Waals surface area contributed by atoms with Gasteiger partial charge in [0.25, 0.3) is 0 Å². The van der Waals surface area contributed by atoms with Gasteiger partial charge in [-0.15, -0.1) is 0 Å². The predicted molar refractivity (Wildman–Crippen MR) is 196 cm³/mol. The normalized spacial score (nSPS) is 11.5. The van der Waals surface area contributed by atoms with Gasteiger partial charge in [0.1, 0.15) is 0 Å². The zero-order valence-electron chi connectivity index (χ0n) is 25.2. The summed E-state index contributed by atoms with van der Waals surface area (Å²) >= 11 is 0. The first-order valence-corrected chi connectivity index (χ1v) is 15.8. The van der Waals surface area contributed by atoms with E-state index in [4.69, 9.17) is 0 Å². The quantitative estimate of drug-likeness (QED) is 0.199. The molecule has 0 aliphatic rings. The number of nitrogens with one attached hydrogen (secondary N) is 1. The summed E-state index contributed by atoms with van der Waals surface area (Å²) in [6.07, 6.45) is 0. The largest absolute Gasteiger partial charge is 0.354 e. The number of rotatable bonds is 5. The summed E-state index contributed by atoms with van der Waals surface area (Å²) in [5, 5.41) is 11.3. The third-order valence-electron chi connectivity index (χ3n) is 9.18. The maximum Gasteiger partial charge on any atom is 0.0562 e. The molecule has 1 N–H and O–H groups in total. The molecule has 1 aromatic heterocycles. The lowest BCUT2D eigenvalue weighted by molar-refractivity contribution is 1.20. The Kier molecular flexibility index (Phi) is 6.17. The summed E-state index contributed by atoms with van der Waals surface area (Å²) in [4.78, 5) is 0. The molecule has 0 bridgehead atoms. The van der Waals surface area contributed by atoms with Gasteiger partial charge in [-0.1, -0.05) is 146 Å². The van der Waals surface area contributed by atoms with E-state index in [1.807, 2.05) is 0 Å². The molecular formula is C44H30N2. The van der Waals surface area contributed by atoms with E-state index < -0.39 is 0 Å². The summed E-state index contributed by atoms with van der Waals surface area (Å²) in [5.74, 6) is 0. The Morgan fingerprint density at radius 2 is 0.957 bits per heavy atom. The average Bonchev–Trinajstić information content (AvgIpc) is 3.47. The van der Waals surface area contributed by atoms with Gasteiger partial charge in [-0.3, -0.25) is 0 Å². The number of nitrogens with zero attached hydrogens (tertiary/aromatic N) is 1. The number of para-hydroxylation sites is 2. The van der Waals surface area contributed by atoms with Crippen LogP contribution in [0.4, 0.5) is 11.4 Å². The first kappa shape index (κ1) is 26.3. The molecule has 46 heavy (non-hydrogen) atoms. The Morgan fingerprint density at radius 1 is 0.370 bits per heavy atom. The Labute approximate surface area is 267 Å². The second-order valence-electron chi connectivity index (χ2n) is 11.8. The Hall–Kier alpha value is -6.12. The highest BCUT2D eigenvalue weighted by Crippen LogP contribution is 2.41. The lowest BCUT2D eigenvalue weighted by Crippen LogP contribution is -1.97. The number of anilines is 2. The van der Waals surface area contributed by atoms with Gasteiger partial charge in [0, 0.05) is 33.1 Å². The molecule has 0 aliphatic carbocycles. The summed E-state index contributed by atoms with van der Waals surface area (Å²) in [5.41, 5.74) is 10.5. The third-order valence-corrected chi connectivity index (χ3v) is 9.18. The van der Waals surface area contributed by atoms with Crippen molar-refractivity contribution in [2.45, 2.75) is 0 Å². The predicted octanol–water partition coefficient (Wildman–Crippen LogP) is 12.2. The van der Waals surface area contributed by atoms with Crippen LogP contribution in [-0.2, 0) is 0 Å². The summed E-state index contributed by atoms with van der Waals surface area (Å²) in [6, 6.07) is 63.2. The maximum absolute atomic E-state index is 3.87. The number of hydrogen-bond acceptors (Lipinski definition) is 1. The van der Waals surface area contributed by atoms with Crippen molar-refractivity contribution in [1.82, 2.24) is 4.57 Å². The molecule has 0 radical (unpaired) electrons. The van der Waals surface area contributed by atoms with Gasteiger partial charge < -0.3 is 9.88 Å². The SMILES string of the molecule is c1ccc(-c2ccc(-c3ccccc3Nc3cccc4c3c3ccccc3n4-c3cc4ccccc4c4ccccc34)cc2)cc1. The summed E-state index contributed by atoms with van der Waals surface area (Å²) < 4.78 is 2.44. The van der Waals surface area contributed by atoms with Crippen LogP contribution in [0, 0.1) is 0 Å². The molecular weight excluding hydrogens is 556 g/mol. The summed E-state index contributed by atoms with van der Waals surface area (Å²) in [7, 11) is 0. The molecule has 2 nitrogen and oxygen atoms in total. The monoisotopic (exact) mass is 586 g/mol. The van der Waals surface area contributed by atoms with E-state index in [1.165, 1.54) is 71.3 Å². The highest BCUT2D eigenvalue weighted by atomic mass is 15.0. The molecule has 0 atom stereocenters. The van der Waals surface area contributed by atoms with Crippen molar-refractivity contribution in [3.05, 3.63) is 176 Å². The molecule has 0 saturated heterocycles. The number of fused-ring (bicyclic) bond motifs is 6. The van der Waals surface area contributed by atoms with Crippen molar-refractivity contribution < 1.29 is 0 Å². The maximum atomic E-state index is 3.87. The minimum atomic E-state index is 1.08. The van der Waals surface area contributed by atoms with Crippen molar-refractivity contribution in [3.63, 3.8) is 0 Å². The van der Waals surface area contributed by atoms with E-state index in [1.54, 1.807) is 0 Å². The van der Waals surface area contributed by atoms with Crippen LogP contribution < -0.4 is 5.32 Å². The first-order valence-electron chi connectivity index (χ1n) is 15.8. The van der Waals surface area contributed by atoms with Gasteiger partial charge in [-0.25, -0.2) is 0 Å². The number of aromatic nitrogens is 1. The topological polar surface area (TPSA) is 17.0 Å². The Morgan fingerprint density at radius 3 is 1.80 bits per heavy atom. The third kappa shape index (κ3) is 4.27. The van der Waals surface area contributed by atoms with E-state index in [-0.39, 0.29) is 0 Å². The van der Waals surface area contributed by atoms with Crippen LogP contribution in [0.15, 0.2) is 176 Å². The standard InChI is InChI=1S/C44H30N2/c1-2-13-30(14-3-1)31-25-27-32(28-26-31)35-17-8-10-21-39(35)45-40-22-12-24-42-44(40)38-20-9-11-23-41(38)46(42)43-29-33-15-4-5-16-34(33)36-18-6-7-19-37(36)43/h1-29,45H. The van der Waals surface area contributed by atoms with Gasteiger partial charge in [0.05, 0.1) is 16.7 Å². The van der Waals surface area contributed by atoms with Crippen molar-refractivity contribution in [1.29, 1.82) is 0 Å². The first-order chi connectivity index (χ1) is 22.8. The molecule has 216 valence electrons. The van der Waals surface area contributed by atoms with Gasteiger partial charge in [0.15, 0.2) is 0 Å². The smallest absolute Gasteiger partial charge is 0.0562 e. The zero-order chi connectivity index (χ0) is 30.5. The Bertz CT molecular complexity index is 2540. The second-order valence-corrected chi connectivity index (χ2v) is 11.8. The number of benzene rings is 8. The van der Waals surface area contributed by atoms with Crippen LogP contribution in [0.1, 0.15) is 0 Å². The van der Waals surface area contributed by atoms with Gasteiger partial charge >= 0.3 is 0 Å². The molecule has 8 aromatic carbocycles. The molecule has 0 amide bonds. The van der Waals surface area contributed by atoms with E-state index >= 15 is 0 Å². The van der Waals surface area contributed by atoms with Crippen LogP contribution in [0.25, 0.3) is 71.3 Å². The van der Waals surface area contributed by atoms with Crippen LogP contribution in [0.3, 0.4) is 0 Å². The van der Waals surface area contributed by atoms with Crippen molar-refractivity contribution in [3.8, 4) is 27.9 Å². The fourth-order valence-electron chi connectivity index (χ4n) is 7.06. The van der Waals surface area contributed by atoms with Gasteiger partial charge in [0.2, 0.25) is 0 Å². The molecule has 0 aliphatic heterocycles. The Balaban J connectivity index is 1.21. The molecule has 0 spiro atoms. The fraction of sp³-hybridized carbons (Fsp3) is 0. The van der Waals surface area contributed by atoms with E-state index in [9.17, 15) is 0 Å². The van der Waals surface area contributed by atoms with E-state index in [0.717, 1.165) is 11.4 Å². The second kappa shape index (κ2) is 10.8. The zero-order valence-corrected chi connectivity index (χ0v) is 25.2.